The van der Waals surface area contributed by atoms with E-state index in [0.29, 0.717) is 17.2 Å². The number of fused-ring (bicyclic) bond motifs is 1. The lowest BCUT2D eigenvalue weighted by molar-refractivity contribution is -0.122. The summed E-state index contributed by atoms with van der Waals surface area (Å²) in [5.41, 5.74) is 0.382. The van der Waals surface area contributed by atoms with Gasteiger partial charge >= 0.3 is 5.69 Å². The van der Waals surface area contributed by atoms with Crippen LogP contribution in [0.1, 0.15) is 37.8 Å². The van der Waals surface area contributed by atoms with E-state index in [0.717, 1.165) is 49.2 Å². The zero-order valence-electron chi connectivity index (χ0n) is 16.5. The first kappa shape index (κ1) is 20.0. The lowest BCUT2D eigenvalue weighted by Gasteiger charge is -2.27. The highest BCUT2D eigenvalue weighted by atomic mass is 19.2. The third-order valence-electron chi connectivity index (χ3n) is 5.23. The molecule has 0 saturated carbocycles. The quantitative estimate of drug-likeness (QED) is 0.688. The number of aromatic nitrogens is 4. The lowest BCUT2D eigenvalue weighted by Crippen LogP contribution is -2.36. The van der Waals surface area contributed by atoms with Gasteiger partial charge in [0.15, 0.2) is 17.3 Å². The summed E-state index contributed by atoms with van der Waals surface area (Å²) >= 11 is 0. The van der Waals surface area contributed by atoms with Gasteiger partial charge < -0.3 is 10.2 Å². The highest BCUT2D eigenvalue weighted by Gasteiger charge is 2.20. The number of halogens is 2. The van der Waals surface area contributed by atoms with Crippen molar-refractivity contribution in [2.45, 2.75) is 38.8 Å². The summed E-state index contributed by atoms with van der Waals surface area (Å²) in [6.07, 6.45) is 4.81. The zero-order chi connectivity index (χ0) is 21.3. The highest BCUT2D eigenvalue weighted by molar-refractivity contribution is 5.76. The molecule has 1 atom stereocenters. The summed E-state index contributed by atoms with van der Waals surface area (Å²) in [5.74, 6) is -1.88. The van der Waals surface area contributed by atoms with Crippen LogP contribution in [0.25, 0.3) is 5.65 Å². The average molecular weight is 416 g/mol. The Balaban J connectivity index is 1.53. The van der Waals surface area contributed by atoms with Crippen LogP contribution in [0.4, 0.5) is 14.7 Å². The van der Waals surface area contributed by atoms with Gasteiger partial charge in [-0.3, -0.25) is 4.79 Å². The molecule has 10 heteroatoms. The van der Waals surface area contributed by atoms with Gasteiger partial charge in [0.25, 0.3) is 0 Å². The first-order valence-corrected chi connectivity index (χ1v) is 9.88. The lowest BCUT2D eigenvalue weighted by atomic mass is 10.1. The molecule has 1 aliphatic rings. The Morgan fingerprint density at radius 1 is 1.17 bits per heavy atom. The van der Waals surface area contributed by atoms with Gasteiger partial charge in [-0.2, -0.15) is 0 Å². The van der Waals surface area contributed by atoms with Crippen LogP contribution in [0.15, 0.2) is 35.3 Å². The second kappa shape index (κ2) is 8.21. The van der Waals surface area contributed by atoms with E-state index in [1.165, 1.54) is 10.5 Å². The molecule has 1 saturated heterocycles. The van der Waals surface area contributed by atoms with Crippen LogP contribution in [-0.2, 0) is 11.3 Å². The number of rotatable bonds is 5. The largest absolute Gasteiger partial charge is 0.353 e. The van der Waals surface area contributed by atoms with Crippen LogP contribution in [0.3, 0.4) is 0 Å². The average Bonchev–Trinajstić information content (AvgIpc) is 3.06. The molecule has 1 N–H and O–H groups in total. The number of carbonyl (C=O) groups excluding carboxylic acids is 1. The number of hydrogen-bond donors (Lipinski definition) is 1. The number of carbonyl (C=O) groups is 1. The van der Waals surface area contributed by atoms with Crippen molar-refractivity contribution in [3.05, 3.63) is 58.1 Å². The van der Waals surface area contributed by atoms with Crippen molar-refractivity contribution in [2.24, 2.45) is 0 Å². The molecule has 0 unspecified atom stereocenters. The third kappa shape index (κ3) is 3.89. The SMILES string of the molecule is C[C@H](NC(=O)Cn1nc2ccnc(N3CCCCC3)n2c1=O)c1ccc(F)c(F)c1. The molecule has 1 aromatic carbocycles. The van der Waals surface area contributed by atoms with Crippen molar-refractivity contribution in [3.63, 3.8) is 0 Å². The van der Waals surface area contributed by atoms with Gasteiger partial charge in [-0.15, -0.1) is 5.10 Å². The Hall–Kier alpha value is -3.30. The van der Waals surface area contributed by atoms with Crippen LogP contribution in [0.2, 0.25) is 0 Å². The van der Waals surface area contributed by atoms with E-state index < -0.39 is 29.3 Å². The number of nitrogens with zero attached hydrogens (tertiary/aromatic N) is 5. The number of piperidine rings is 1. The van der Waals surface area contributed by atoms with Gasteiger partial charge in [0.05, 0.1) is 6.04 Å². The minimum Gasteiger partial charge on any atom is -0.348 e. The van der Waals surface area contributed by atoms with E-state index in [1.807, 2.05) is 0 Å². The molecule has 4 rings (SSSR count). The fraction of sp³-hybridized carbons (Fsp3) is 0.400. The van der Waals surface area contributed by atoms with Gasteiger partial charge in [0.2, 0.25) is 11.9 Å². The van der Waals surface area contributed by atoms with Crippen LogP contribution in [0, 0.1) is 11.6 Å². The minimum absolute atomic E-state index is 0.298. The predicted octanol–water partition coefficient (Wildman–Crippen LogP) is 2.04. The summed E-state index contributed by atoms with van der Waals surface area (Å²) < 4.78 is 29.0. The molecule has 1 fully saturated rings. The Labute approximate surface area is 171 Å². The number of amides is 1. The normalized spacial score (nSPS) is 15.4. The van der Waals surface area contributed by atoms with E-state index in [9.17, 15) is 18.4 Å². The minimum atomic E-state index is -0.983. The smallest absolute Gasteiger partial charge is 0.348 e. The predicted molar refractivity (Wildman–Crippen MR) is 106 cm³/mol. The molecular formula is C20H22F2N6O2. The van der Waals surface area contributed by atoms with Crippen LogP contribution < -0.4 is 15.9 Å². The van der Waals surface area contributed by atoms with Crippen molar-refractivity contribution >= 4 is 17.5 Å². The van der Waals surface area contributed by atoms with Crippen molar-refractivity contribution in [1.29, 1.82) is 0 Å². The molecule has 0 spiro atoms. The first-order valence-electron chi connectivity index (χ1n) is 9.88. The van der Waals surface area contributed by atoms with Gasteiger partial charge in [0, 0.05) is 25.4 Å². The molecule has 1 aliphatic heterocycles. The number of nitrogens with one attached hydrogen (secondary N) is 1. The van der Waals surface area contributed by atoms with E-state index in [2.05, 4.69) is 20.3 Å². The molecule has 30 heavy (non-hydrogen) atoms. The van der Waals surface area contributed by atoms with E-state index in [4.69, 9.17) is 0 Å². The molecule has 0 aliphatic carbocycles. The number of benzene rings is 1. The maximum absolute atomic E-state index is 13.4. The molecule has 0 radical (unpaired) electrons. The van der Waals surface area contributed by atoms with E-state index in [1.54, 1.807) is 19.2 Å². The molecule has 158 valence electrons. The van der Waals surface area contributed by atoms with Gasteiger partial charge in [-0.05, 0) is 43.9 Å². The summed E-state index contributed by atoms with van der Waals surface area (Å²) in [5, 5.41) is 6.92. The van der Waals surface area contributed by atoms with Crippen molar-refractivity contribution in [2.75, 3.05) is 18.0 Å². The molecule has 1 amide bonds. The Bertz CT molecular complexity index is 1140. The van der Waals surface area contributed by atoms with Crippen LogP contribution in [0.5, 0.6) is 0 Å². The standard InChI is InChI=1S/C20H22F2N6O2/c1-13(14-5-6-15(21)16(22)11-14)24-18(29)12-27-20(30)28-17(25-27)7-8-23-19(28)26-9-3-2-4-10-26/h5-8,11,13H,2-4,9-10,12H2,1H3,(H,24,29)/t13-/m0/s1. The Kier molecular flexibility index (Phi) is 5.47. The molecule has 3 aromatic rings. The fourth-order valence-electron chi connectivity index (χ4n) is 3.66. The second-order valence-corrected chi connectivity index (χ2v) is 7.39. The van der Waals surface area contributed by atoms with E-state index in [-0.39, 0.29) is 6.54 Å². The number of hydrogen-bond acceptors (Lipinski definition) is 5. The van der Waals surface area contributed by atoms with Crippen molar-refractivity contribution in [3.8, 4) is 0 Å². The second-order valence-electron chi connectivity index (χ2n) is 7.39. The maximum atomic E-state index is 13.4. The van der Waals surface area contributed by atoms with Gasteiger partial charge in [-0.1, -0.05) is 6.07 Å². The molecular weight excluding hydrogens is 394 g/mol. The third-order valence-corrected chi connectivity index (χ3v) is 5.23. The fourth-order valence-corrected chi connectivity index (χ4v) is 3.66. The summed E-state index contributed by atoms with van der Waals surface area (Å²) in [6, 6.07) is 4.50. The maximum Gasteiger partial charge on any atom is 0.353 e. The van der Waals surface area contributed by atoms with Gasteiger partial charge in [-0.25, -0.2) is 27.6 Å². The topological polar surface area (TPSA) is 84.5 Å². The molecule has 3 heterocycles. The molecule has 2 aromatic heterocycles. The monoisotopic (exact) mass is 416 g/mol. The summed E-state index contributed by atoms with van der Waals surface area (Å²) in [4.78, 5) is 31.7. The highest BCUT2D eigenvalue weighted by Crippen LogP contribution is 2.18. The van der Waals surface area contributed by atoms with Crippen LogP contribution >= 0.6 is 0 Å². The Morgan fingerprint density at radius 2 is 1.93 bits per heavy atom. The zero-order valence-corrected chi connectivity index (χ0v) is 16.5. The Morgan fingerprint density at radius 3 is 2.67 bits per heavy atom. The van der Waals surface area contributed by atoms with Crippen molar-refractivity contribution in [1.82, 2.24) is 24.5 Å². The van der Waals surface area contributed by atoms with Crippen LogP contribution in [-0.4, -0.2) is 38.2 Å². The summed E-state index contributed by atoms with van der Waals surface area (Å²) in [7, 11) is 0. The van der Waals surface area contributed by atoms with Gasteiger partial charge in [0.1, 0.15) is 6.54 Å². The molecule has 0 bridgehead atoms. The number of anilines is 1. The first-order chi connectivity index (χ1) is 14.4. The summed E-state index contributed by atoms with van der Waals surface area (Å²) in [6.45, 7) is 2.98. The van der Waals surface area contributed by atoms with E-state index >= 15 is 0 Å². The van der Waals surface area contributed by atoms with Crippen molar-refractivity contribution < 1.29 is 13.6 Å². The molecule has 8 nitrogen and oxygen atoms in total.